The number of imidazole rings is 1. The average Bonchev–Trinajstić information content (AvgIpc) is 2.85. The van der Waals surface area contributed by atoms with Crippen LogP contribution in [0, 0.1) is 11.6 Å². The van der Waals surface area contributed by atoms with Crippen molar-refractivity contribution in [3.05, 3.63) is 53.6 Å². The number of hydrogen-bond donors (Lipinski definition) is 2. The molecule has 0 aliphatic rings. The normalized spacial score (nSPS) is 9.79. The van der Waals surface area contributed by atoms with Gasteiger partial charge in [-0.15, -0.1) is 12.4 Å². The van der Waals surface area contributed by atoms with Crippen molar-refractivity contribution in [2.45, 2.75) is 6.42 Å². The summed E-state index contributed by atoms with van der Waals surface area (Å²) in [6, 6.07) is 3.05. The topological polar surface area (TPSA) is 57.8 Å². The summed E-state index contributed by atoms with van der Waals surface area (Å²) >= 11 is 0. The third kappa shape index (κ3) is 4.03. The summed E-state index contributed by atoms with van der Waals surface area (Å²) in [5.41, 5.74) is 0.985. The van der Waals surface area contributed by atoms with E-state index in [2.05, 4.69) is 15.3 Å². The van der Waals surface area contributed by atoms with E-state index in [1.807, 2.05) is 0 Å². The Kier molecular flexibility index (Phi) is 5.44. The molecule has 0 radical (unpaired) electrons. The van der Waals surface area contributed by atoms with Crippen LogP contribution in [0.15, 0.2) is 30.7 Å². The van der Waals surface area contributed by atoms with Gasteiger partial charge >= 0.3 is 0 Å². The Labute approximate surface area is 114 Å². The number of carbonyl (C=O) groups is 1. The van der Waals surface area contributed by atoms with Gasteiger partial charge in [-0.05, 0) is 18.2 Å². The zero-order valence-electron chi connectivity index (χ0n) is 9.82. The molecule has 0 saturated carbocycles. The SMILES string of the molecule is Cl.O=C(NCCc1cnc[nH]1)c1ccc(F)c(F)c1. The maximum absolute atomic E-state index is 12.9. The molecular weight excluding hydrogens is 276 g/mol. The van der Waals surface area contributed by atoms with E-state index in [4.69, 9.17) is 0 Å². The third-order valence-corrected chi connectivity index (χ3v) is 2.42. The van der Waals surface area contributed by atoms with Gasteiger partial charge in [-0.25, -0.2) is 13.8 Å². The molecule has 2 N–H and O–H groups in total. The van der Waals surface area contributed by atoms with Crippen molar-refractivity contribution >= 4 is 18.3 Å². The van der Waals surface area contributed by atoms with Gasteiger partial charge in [0.05, 0.1) is 6.33 Å². The fourth-order valence-corrected chi connectivity index (χ4v) is 1.47. The van der Waals surface area contributed by atoms with Crippen LogP contribution in [0.5, 0.6) is 0 Å². The molecule has 1 heterocycles. The lowest BCUT2D eigenvalue weighted by atomic mass is 10.2. The first-order valence-electron chi connectivity index (χ1n) is 5.37. The zero-order valence-corrected chi connectivity index (χ0v) is 10.6. The second-order valence-electron chi connectivity index (χ2n) is 3.71. The van der Waals surface area contributed by atoms with Gasteiger partial charge in [-0.3, -0.25) is 4.79 Å². The van der Waals surface area contributed by atoms with Gasteiger partial charge in [0.25, 0.3) is 5.91 Å². The summed E-state index contributed by atoms with van der Waals surface area (Å²) in [6.45, 7) is 0.389. The van der Waals surface area contributed by atoms with Crippen LogP contribution in [0.1, 0.15) is 16.1 Å². The molecule has 102 valence electrons. The maximum atomic E-state index is 12.9. The number of aromatic nitrogens is 2. The highest BCUT2D eigenvalue weighted by Gasteiger charge is 2.09. The first-order valence-corrected chi connectivity index (χ1v) is 5.37. The molecule has 1 aromatic heterocycles. The van der Waals surface area contributed by atoms with Crippen molar-refractivity contribution in [3.8, 4) is 0 Å². The van der Waals surface area contributed by atoms with Gasteiger partial charge < -0.3 is 10.3 Å². The number of nitrogens with zero attached hydrogens (tertiary/aromatic N) is 1. The predicted octanol–water partition coefficient (Wildman–Crippen LogP) is 2.08. The Hall–Kier alpha value is -1.95. The zero-order chi connectivity index (χ0) is 13.0. The molecular formula is C12H12ClF2N3O. The Morgan fingerprint density at radius 2 is 2.11 bits per heavy atom. The number of rotatable bonds is 4. The van der Waals surface area contributed by atoms with E-state index in [0.717, 1.165) is 17.8 Å². The van der Waals surface area contributed by atoms with Crippen LogP contribution >= 0.6 is 12.4 Å². The molecule has 7 heteroatoms. The lowest BCUT2D eigenvalue weighted by Crippen LogP contribution is -2.25. The molecule has 1 amide bonds. The highest BCUT2D eigenvalue weighted by atomic mass is 35.5. The second-order valence-corrected chi connectivity index (χ2v) is 3.71. The minimum Gasteiger partial charge on any atom is -0.352 e. The molecule has 2 rings (SSSR count). The van der Waals surface area contributed by atoms with Gasteiger partial charge in [0.2, 0.25) is 0 Å². The standard InChI is InChI=1S/C12H11F2N3O.ClH/c13-10-2-1-8(5-11(10)14)12(18)16-4-3-9-6-15-7-17-9;/h1-2,5-7H,3-4H2,(H,15,17)(H,16,18);1H. The van der Waals surface area contributed by atoms with Gasteiger partial charge in [-0.2, -0.15) is 0 Å². The molecule has 0 aliphatic carbocycles. The van der Waals surface area contributed by atoms with Crippen molar-refractivity contribution in [2.75, 3.05) is 6.54 Å². The van der Waals surface area contributed by atoms with Crippen LogP contribution in [-0.4, -0.2) is 22.4 Å². The van der Waals surface area contributed by atoms with Crippen molar-refractivity contribution in [1.29, 1.82) is 0 Å². The summed E-state index contributed by atoms with van der Waals surface area (Å²) in [6.07, 6.45) is 3.80. The van der Waals surface area contributed by atoms with Crippen molar-refractivity contribution < 1.29 is 13.6 Å². The number of hydrogen-bond acceptors (Lipinski definition) is 2. The maximum Gasteiger partial charge on any atom is 0.251 e. The Morgan fingerprint density at radius 3 is 2.74 bits per heavy atom. The molecule has 1 aromatic carbocycles. The summed E-state index contributed by atoms with van der Waals surface area (Å²) in [5.74, 6) is -2.44. The Balaban J connectivity index is 0.00000180. The quantitative estimate of drug-likeness (QED) is 0.904. The summed E-state index contributed by atoms with van der Waals surface area (Å²) in [7, 11) is 0. The van der Waals surface area contributed by atoms with Crippen LogP contribution in [0.3, 0.4) is 0 Å². The lowest BCUT2D eigenvalue weighted by Gasteiger charge is -2.04. The Bertz CT molecular complexity index is 546. The molecule has 4 nitrogen and oxygen atoms in total. The second kappa shape index (κ2) is 6.84. The van der Waals surface area contributed by atoms with Crippen molar-refractivity contribution in [3.63, 3.8) is 0 Å². The van der Waals surface area contributed by atoms with Crippen molar-refractivity contribution in [1.82, 2.24) is 15.3 Å². The summed E-state index contributed by atoms with van der Waals surface area (Å²) in [4.78, 5) is 18.3. The predicted molar refractivity (Wildman–Crippen MR) is 68.2 cm³/mol. The molecule has 0 spiro atoms. The number of aromatic amines is 1. The van der Waals surface area contributed by atoms with E-state index < -0.39 is 17.5 Å². The largest absolute Gasteiger partial charge is 0.352 e. The Morgan fingerprint density at radius 1 is 1.32 bits per heavy atom. The van der Waals surface area contributed by atoms with E-state index in [1.54, 1.807) is 12.5 Å². The van der Waals surface area contributed by atoms with Crippen LogP contribution in [-0.2, 0) is 6.42 Å². The van der Waals surface area contributed by atoms with Crippen LogP contribution < -0.4 is 5.32 Å². The monoisotopic (exact) mass is 287 g/mol. The van der Waals surface area contributed by atoms with Crippen LogP contribution in [0.2, 0.25) is 0 Å². The smallest absolute Gasteiger partial charge is 0.251 e. The number of halogens is 3. The number of benzene rings is 1. The number of amides is 1. The number of carbonyl (C=O) groups excluding carboxylic acids is 1. The molecule has 0 fully saturated rings. The van der Waals surface area contributed by atoms with E-state index in [0.29, 0.717) is 13.0 Å². The molecule has 0 atom stereocenters. The van der Waals surface area contributed by atoms with Gasteiger partial charge in [0.15, 0.2) is 11.6 Å². The lowest BCUT2D eigenvalue weighted by molar-refractivity contribution is 0.0953. The first kappa shape index (κ1) is 15.1. The molecule has 0 bridgehead atoms. The van der Waals surface area contributed by atoms with Gasteiger partial charge in [0, 0.05) is 30.4 Å². The summed E-state index contributed by atoms with van der Waals surface area (Å²) < 4.78 is 25.6. The molecule has 0 unspecified atom stereocenters. The number of nitrogens with one attached hydrogen (secondary N) is 2. The highest BCUT2D eigenvalue weighted by Crippen LogP contribution is 2.08. The summed E-state index contributed by atoms with van der Waals surface area (Å²) in [5, 5.41) is 2.61. The molecule has 19 heavy (non-hydrogen) atoms. The molecule has 0 aliphatic heterocycles. The third-order valence-electron chi connectivity index (χ3n) is 2.42. The van der Waals surface area contributed by atoms with E-state index in [9.17, 15) is 13.6 Å². The van der Waals surface area contributed by atoms with Crippen molar-refractivity contribution in [2.24, 2.45) is 0 Å². The minimum absolute atomic E-state index is 0. The number of H-pyrrole nitrogens is 1. The van der Waals surface area contributed by atoms with E-state index >= 15 is 0 Å². The van der Waals surface area contributed by atoms with Gasteiger partial charge in [-0.1, -0.05) is 0 Å². The fourth-order valence-electron chi connectivity index (χ4n) is 1.47. The average molecular weight is 288 g/mol. The van der Waals surface area contributed by atoms with Crippen LogP contribution in [0.4, 0.5) is 8.78 Å². The van der Waals surface area contributed by atoms with E-state index in [1.165, 1.54) is 6.07 Å². The molecule has 2 aromatic rings. The minimum atomic E-state index is -1.03. The van der Waals surface area contributed by atoms with E-state index in [-0.39, 0.29) is 18.0 Å². The van der Waals surface area contributed by atoms with Crippen LogP contribution in [0.25, 0.3) is 0 Å². The fraction of sp³-hybridized carbons (Fsp3) is 0.167. The molecule has 0 saturated heterocycles. The van der Waals surface area contributed by atoms with Gasteiger partial charge in [0.1, 0.15) is 0 Å². The highest BCUT2D eigenvalue weighted by molar-refractivity contribution is 5.94. The first-order chi connectivity index (χ1) is 8.66.